The van der Waals surface area contributed by atoms with Crippen molar-refractivity contribution in [3.05, 3.63) is 0 Å². The molecular formula is C7H15N3O2S. The summed E-state index contributed by atoms with van der Waals surface area (Å²) >= 11 is 4.48. The molecule has 0 aliphatic heterocycles. The highest BCUT2D eigenvalue weighted by Crippen LogP contribution is 2.05. The van der Waals surface area contributed by atoms with E-state index in [1.807, 2.05) is 20.8 Å². The SMILES string of the molecule is CC(C)(C)OCC(=O)NNC(N)=S. The molecule has 4 N–H and O–H groups in total. The second-order valence-corrected chi connectivity index (χ2v) is 3.88. The molecule has 0 rings (SSSR count). The van der Waals surface area contributed by atoms with E-state index in [1.165, 1.54) is 0 Å². The summed E-state index contributed by atoms with van der Waals surface area (Å²) in [4.78, 5) is 11.0. The summed E-state index contributed by atoms with van der Waals surface area (Å²) in [6.07, 6.45) is 0. The van der Waals surface area contributed by atoms with Crippen LogP contribution in [0.5, 0.6) is 0 Å². The van der Waals surface area contributed by atoms with Crippen LogP contribution < -0.4 is 16.6 Å². The number of carbonyl (C=O) groups is 1. The molecule has 0 bridgehead atoms. The van der Waals surface area contributed by atoms with Gasteiger partial charge >= 0.3 is 0 Å². The molecule has 0 aromatic carbocycles. The topological polar surface area (TPSA) is 76.4 Å². The largest absolute Gasteiger partial charge is 0.375 e. The average molecular weight is 205 g/mol. The molecule has 1 amide bonds. The summed E-state index contributed by atoms with van der Waals surface area (Å²) < 4.78 is 5.19. The van der Waals surface area contributed by atoms with Crippen LogP contribution in [0.25, 0.3) is 0 Å². The normalized spacial score (nSPS) is 10.7. The smallest absolute Gasteiger partial charge is 0.264 e. The van der Waals surface area contributed by atoms with Gasteiger partial charge in [-0.15, -0.1) is 0 Å². The number of hydrazine groups is 1. The first kappa shape index (κ1) is 12.1. The second kappa shape index (κ2) is 4.98. The van der Waals surface area contributed by atoms with Gasteiger partial charge in [-0.05, 0) is 33.0 Å². The molecule has 76 valence electrons. The monoisotopic (exact) mass is 205 g/mol. The van der Waals surface area contributed by atoms with Crippen LogP contribution >= 0.6 is 12.2 Å². The maximum absolute atomic E-state index is 11.0. The Bertz CT molecular complexity index is 200. The molecule has 0 aliphatic rings. The predicted molar refractivity (Wildman–Crippen MR) is 53.8 cm³/mol. The Morgan fingerprint density at radius 1 is 1.46 bits per heavy atom. The number of amides is 1. The van der Waals surface area contributed by atoms with Crippen molar-refractivity contribution in [2.75, 3.05) is 6.61 Å². The van der Waals surface area contributed by atoms with Crippen LogP contribution in [0.3, 0.4) is 0 Å². The van der Waals surface area contributed by atoms with E-state index in [1.54, 1.807) is 0 Å². The van der Waals surface area contributed by atoms with Crippen molar-refractivity contribution >= 4 is 23.2 Å². The Morgan fingerprint density at radius 2 is 2.00 bits per heavy atom. The van der Waals surface area contributed by atoms with Crippen molar-refractivity contribution in [2.45, 2.75) is 26.4 Å². The van der Waals surface area contributed by atoms with Crippen molar-refractivity contribution in [3.8, 4) is 0 Å². The Labute approximate surface area is 83.0 Å². The molecule has 0 spiro atoms. The third-order valence-electron chi connectivity index (χ3n) is 0.961. The van der Waals surface area contributed by atoms with Gasteiger partial charge in [-0.3, -0.25) is 15.6 Å². The number of nitrogens with two attached hydrogens (primary N) is 1. The molecule has 0 saturated heterocycles. The number of nitrogens with one attached hydrogen (secondary N) is 2. The van der Waals surface area contributed by atoms with Gasteiger partial charge in [0.1, 0.15) is 6.61 Å². The second-order valence-electron chi connectivity index (χ2n) is 3.44. The van der Waals surface area contributed by atoms with Crippen molar-refractivity contribution in [3.63, 3.8) is 0 Å². The summed E-state index contributed by atoms with van der Waals surface area (Å²) in [6.45, 7) is 5.56. The van der Waals surface area contributed by atoms with Gasteiger partial charge in [-0.1, -0.05) is 0 Å². The van der Waals surface area contributed by atoms with Crippen LogP contribution in [0.1, 0.15) is 20.8 Å². The lowest BCUT2D eigenvalue weighted by molar-refractivity contribution is -0.131. The van der Waals surface area contributed by atoms with E-state index >= 15 is 0 Å². The summed E-state index contributed by atoms with van der Waals surface area (Å²) in [6, 6.07) is 0. The molecule has 5 nitrogen and oxygen atoms in total. The standard InChI is InChI=1S/C7H15N3O2S/c1-7(2,3)12-4-5(11)9-10-6(8)13/h4H2,1-3H3,(H,9,11)(H3,8,10,13). The fourth-order valence-electron chi connectivity index (χ4n) is 0.449. The van der Waals surface area contributed by atoms with Crippen LogP contribution in [-0.4, -0.2) is 23.2 Å². The van der Waals surface area contributed by atoms with E-state index in [9.17, 15) is 4.79 Å². The third kappa shape index (κ3) is 9.03. The highest BCUT2D eigenvalue weighted by atomic mass is 32.1. The molecule has 0 atom stereocenters. The lowest BCUT2D eigenvalue weighted by Crippen LogP contribution is -2.46. The molecule has 0 aromatic heterocycles. The molecule has 0 aliphatic carbocycles. The number of thiocarbonyl (C=S) groups is 1. The van der Waals surface area contributed by atoms with Gasteiger partial charge in [0, 0.05) is 0 Å². The molecule has 0 radical (unpaired) electrons. The first-order valence-electron chi connectivity index (χ1n) is 3.79. The van der Waals surface area contributed by atoms with E-state index < -0.39 is 0 Å². The minimum Gasteiger partial charge on any atom is -0.375 e. The summed E-state index contributed by atoms with van der Waals surface area (Å²) in [5, 5.41) is 0.0177. The molecule has 13 heavy (non-hydrogen) atoms. The molecule has 0 heterocycles. The fraction of sp³-hybridized carbons (Fsp3) is 0.714. The van der Waals surface area contributed by atoms with Crippen molar-refractivity contribution < 1.29 is 9.53 Å². The molecule has 6 heteroatoms. The highest BCUT2D eigenvalue weighted by Gasteiger charge is 2.12. The number of hydrogen-bond donors (Lipinski definition) is 3. The molecular weight excluding hydrogens is 190 g/mol. The Balaban J connectivity index is 3.58. The first-order chi connectivity index (χ1) is 5.81. The Hall–Kier alpha value is -0.880. The predicted octanol–water partition coefficient (Wildman–Crippen LogP) is -0.334. The molecule has 0 unspecified atom stereocenters. The quantitative estimate of drug-likeness (QED) is 0.425. The van der Waals surface area contributed by atoms with Crippen molar-refractivity contribution in [1.29, 1.82) is 0 Å². The van der Waals surface area contributed by atoms with E-state index in [0.717, 1.165) is 0 Å². The molecule has 0 fully saturated rings. The van der Waals surface area contributed by atoms with E-state index in [2.05, 4.69) is 23.1 Å². The lowest BCUT2D eigenvalue weighted by atomic mass is 10.2. The van der Waals surface area contributed by atoms with Gasteiger partial charge < -0.3 is 10.5 Å². The van der Waals surface area contributed by atoms with E-state index in [0.29, 0.717) is 0 Å². The summed E-state index contributed by atoms with van der Waals surface area (Å²) in [7, 11) is 0. The Morgan fingerprint density at radius 3 is 2.38 bits per heavy atom. The van der Waals surface area contributed by atoms with Crippen LogP contribution in [-0.2, 0) is 9.53 Å². The van der Waals surface area contributed by atoms with Gasteiger partial charge in [0.2, 0.25) is 0 Å². The van der Waals surface area contributed by atoms with Gasteiger partial charge in [0.05, 0.1) is 5.60 Å². The number of rotatable bonds is 2. The zero-order chi connectivity index (χ0) is 10.5. The van der Waals surface area contributed by atoms with Crippen molar-refractivity contribution in [1.82, 2.24) is 10.9 Å². The molecule has 0 aromatic rings. The zero-order valence-electron chi connectivity index (χ0n) is 8.01. The maximum Gasteiger partial charge on any atom is 0.264 e. The minimum absolute atomic E-state index is 0.0177. The third-order valence-corrected chi connectivity index (χ3v) is 1.06. The lowest BCUT2D eigenvalue weighted by Gasteiger charge is -2.18. The van der Waals surface area contributed by atoms with Gasteiger partial charge in [-0.25, -0.2) is 0 Å². The highest BCUT2D eigenvalue weighted by molar-refractivity contribution is 7.80. The summed E-state index contributed by atoms with van der Waals surface area (Å²) in [5.74, 6) is -0.317. The minimum atomic E-state index is -0.333. The van der Waals surface area contributed by atoms with Gasteiger partial charge in [0.25, 0.3) is 5.91 Å². The number of ether oxygens (including phenoxy) is 1. The van der Waals surface area contributed by atoms with Gasteiger partial charge in [0.15, 0.2) is 5.11 Å². The summed E-state index contributed by atoms with van der Waals surface area (Å²) in [5.41, 5.74) is 9.34. The van der Waals surface area contributed by atoms with Crippen molar-refractivity contribution in [2.24, 2.45) is 5.73 Å². The number of carbonyl (C=O) groups excluding carboxylic acids is 1. The van der Waals surface area contributed by atoms with E-state index in [-0.39, 0.29) is 23.2 Å². The van der Waals surface area contributed by atoms with Crippen LogP contribution in [0.2, 0.25) is 0 Å². The zero-order valence-corrected chi connectivity index (χ0v) is 8.83. The Kier molecular flexibility index (Phi) is 4.64. The van der Waals surface area contributed by atoms with Gasteiger partial charge in [-0.2, -0.15) is 0 Å². The van der Waals surface area contributed by atoms with E-state index in [4.69, 9.17) is 10.5 Å². The molecule has 0 saturated carbocycles. The van der Waals surface area contributed by atoms with Crippen LogP contribution in [0.15, 0.2) is 0 Å². The first-order valence-corrected chi connectivity index (χ1v) is 4.20. The number of hydrogen-bond acceptors (Lipinski definition) is 3. The fourth-order valence-corrected chi connectivity index (χ4v) is 0.500. The maximum atomic E-state index is 11.0. The van der Waals surface area contributed by atoms with Crippen LogP contribution in [0, 0.1) is 0 Å². The van der Waals surface area contributed by atoms with Crippen LogP contribution in [0.4, 0.5) is 0 Å². The average Bonchev–Trinajstić information content (AvgIpc) is 1.95.